The maximum Gasteiger partial charge on any atom is 0.416 e. The van der Waals surface area contributed by atoms with E-state index < -0.39 is 11.7 Å². The van der Waals surface area contributed by atoms with Gasteiger partial charge in [0.05, 0.1) is 22.3 Å². The molecule has 2 aromatic carbocycles. The van der Waals surface area contributed by atoms with Crippen LogP contribution in [0.4, 0.5) is 23.4 Å². The molecule has 0 radical (unpaired) electrons. The highest BCUT2D eigenvalue weighted by molar-refractivity contribution is 5.94. The highest BCUT2D eigenvalue weighted by atomic mass is 19.4. The van der Waals surface area contributed by atoms with E-state index in [1.807, 2.05) is 6.92 Å². The van der Waals surface area contributed by atoms with Gasteiger partial charge in [0.15, 0.2) is 5.65 Å². The summed E-state index contributed by atoms with van der Waals surface area (Å²) in [6.45, 7) is 5.98. The van der Waals surface area contributed by atoms with Crippen molar-refractivity contribution in [3.63, 3.8) is 0 Å². The minimum atomic E-state index is -4.45. The van der Waals surface area contributed by atoms with Crippen molar-refractivity contribution in [2.45, 2.75) is 45.7 Å². The Hall–Kier alpha value is -4.02. The third-order valence-corrected chi connectivity index (χ3v) is 7.10. The fourth-order valence-corrected chi connectivity index (χ4v) is 4.96. The molecule has 2 aromatic heterocycles. The number of unbranched alkanes of at least 4 members (excludes halogenated alkanes) is 1. The van der Waals surface area contributed by atoms with Crippen LogP contribution in [0.15, 0.2) is 48.5 Å². The maximum absolute atomic E-state index is 13.6. The lowest BCUT2D eigenvalue weighted by atomic mass is 10.1. The van der Waals surface area contributed by atoms with Crippen molar-refractivity contribution in [2.75, 3.05) is 31.1 Å². The Morgan fingerprint density at radius 3 is 2.35 bits per heavy atom. The summed E-state index contributed by atoms with van der Waals surface area (Å²) in [5.41, 5.74) is 1.51. The molecule has 0 aliphatic carbocycles. The zero-order chi connectivity index (χ0) is 28.4. The van der Waals surface area contributed by atoms with Gasteiger partial charge in [-0.2, -0.15) is 18.3 Å². The van der Waals surface area contributed by atoms with Crippen molar-refractivity contribution >= 4 is 22.8 Å². The molecule has 210 valence electrons. The molecule has 5 rings (SSSR count). The van der Waals surface area contributed by atoms with E-state index in [0.29, 0.717) is 56.2 Å². The zero-order valence-corrected chi connectivity index (χ0v) is 22.4. The summed E-state index contributed by atoms with van der Waals surface area (Å²) in [5.74, 6) is 0.795. The summed E-state index contributed by atoms with van der Waals surface area (Å²) in [4.78, 5) is 26.7. The van der Waals surface area contributed by atoms with Gasteiger partial charge in [-0.05, 0) is 68.3 Å². The van der Waals surface area contributed by atoms with Crippen molar-refractivity contribution in [1.29, 1.82) is 0 Å². The number of hydrogen-bond acceptors (Lipinski definition) is 5. The van der Waals surface area contributed by atoms with Crippen molar-refractivity contribution in [2.24, 2.45) is 0 Å². The van der Waals surface area contributed by atoms with E-state index in [1.165, 1.54) is 24.3 Å². The summed E-state index contributed by atoms with van der Waals surface area (Å²) in [7, 11) is 0. The predicted octanol–water partition coefficient (Wildman–Crippen LogP) is 5.98. The lowest BCUT2D eigenvalue weighted by Gasteiger charge is -2.24. The minimum absolute atomic E-state index is 0.226. The molecule has 7 nitrogen and oxygen atoms in total. The molecular weight excluding hydrogens is 524 g/mol. The lowest BCUT2D eigenvalue weighted by Crippen LogP contribution is -2.35. The first-order chi connectivity index (χ1) is 19.2. The lowest BCUT2D eigenvalue weighted by molar-refractivity contribution is -0.137. The highest BCUT2D eigenvalue weighted by Gasteiger charge is 2.31. The number of alkyl halides is 3. The Bertz CT molecular complexity index is 1500. The van der Waals surface area contributed by atoms with Crippen LogP contribution in [0.3, 0.4) is 0 Å². The van der Waals surface area contributed by atoms with Crippen LogP contribution in [0.25, 0.3) is 16.7 Å². The second kappa shape index (κ2) is 11.2. The summed E-state index contributed by atoms with van der Waals surface area (Å²) >= 11 is 0. The molecule has 1 aliphatic rings. The number of amides is 1. The highest BCUT2D eigenvalue weighted by Crippen LogP contribution is 2.31. The maximum atomic E-state index is 13.6. The Morgan fingerprint density at radius 2 is 1.68 bits per heavy atom. The van der Waals surface area contributed by atoms with Gasteiger partial charge < -0.3 is 9.80 Å². The molecule has 1 amide bonds. The first kappa shape index (κ1) is 27.5. The second-order valence-electron chi connectivity index (χ2n) is 9.95. The minimum Gasteiger partial charge on any atom is -0.354 e. The normalized spacial score (nSPS) is 14.6. The zero-order valence-electron chi connectivity index (χ0n) is 22.4. The van der Waals surface area contributed by atoms with Crippen LogP contribution in [-0.2, 0) is 12.6 Å². The summed E-state index contributed by atoms with van der Waals surface area (Å²) in [5, 5.41) is 5.52. The van der Waals surface area contributed by atoms with E-state index in [0.717, 1.165) is 41.9 Å². The van der Waals surface area contributed by atoms with E-state index in [2.05, 4.69) is 11.8 Å². The molecule has 0 unspecified atom stereocenters. The van der Waals surface area contributed by atoms with E-state index in [1.54, 1.807) is 21.7 Å². The smallest absolute Gasteiger partial charge is 0.354 e. The van der Waals surface area contributed by atoms with Gasteiger partial charge in [0.2, 0.25) is 0 Å². The average Bonchev–Trinajstić information content (AvgIpc) is 3.10. The molecule has 0 spiro atoms. The van der Waals surface area contributed by atoms with E-state index in [4.69, 9.17) is 15.1 Å². The van der Waals surface area contributed by atoms with E-state index >= 15 is 0 Å². The van der Waals surface area contributed by atoms with Gasteiger partial charge in [0.1, 0.15) is 17.5 Å². The van der Waals surface area contributed by atoms with E-state index in [-0.39, 0.29) is 17.3 Å². The van der Waals surface area contributed by atoms with E-state index in [9.17, 15) is 22.4 Å². The number of halogens is 4. The Balaban J connectivity index is 1.44. The molecule has 3 heterocycles. The number of aryl methyl sites for hydroxylation is 2. The van der Waals surface area contributed by atoms with Gasteiger partial charge in [0, 0.05) is 38.2 Å². The monoisotopic (exact) mass is 554 g/mol. The largest absolute Gasteiger partial charge is 0.416 e. The Labute approximate surface area is 229 Å². The van der Waals surface area contributed by atoms with Crippen molar-refractivity contribution in [3.8, 4) is 5.69 Å². The number of anilines is 1. The summed E-state index contributed by atoms with van der Waals surface area (Å²) in [6.07, 6.45) is -1.19. The topological polar surface area (TPSA) is 67.2 Å². The third-order valence-electron chi connectivity index (χ3n) is 7.10. The SMILES string of the molecule is CCCCc1nc(N2CCCN(C(=O)c3ccc(C(F)(F)F)cc3)CC2)c2c(C)nn(-c3ccc(F)cc3)c2n1. The molecule has 0 N–H and O–H groups in total. The first-order valence-corrected chi connectivity index (χ1v) is 13.4. The van der Waals surface area contributed by atoms with Crippen LogP contribution in [0, 0.1) is 12.7 Å². The standard InChI is InChI=1S/C29H30F4N6O/c1-3-4-6-24-34-26(25-19(2)36-39(27(25)35-24)23-13-11-22(30)12-14-23)37-15-5-16-38(18-17-37)28(40)20-7-9-21(10-8-20)29(31,32)33/h7-14H,3-6,15-18H2,1-2H3. The fourth-order valence-electron chi connectivity index (χ4n) is 4.96. The van der Waals surface area contributed by atoms with Crippen LogP contribution in [0.2, 0.25) is 0 Å². The molecule has 1 aliphatic heterocycles. The molecule has 0 atom stereocenters. The van der Waals surface area contributed by atoms with Gasteiger partial charge in [-0.1, -0.05) is 13.3 Å². The van der Waals surface area contributed by atoms with Crippen LogP contribution in [0.5, 0.6) is 0 Å². The summed E-state index contributed by atoms with van der Waals surface area (Å²) in [6, 6.07) is 10.4. The molecule has 1 fully saturated rings. The van der Waals surface area contributed by atoms with Crippen LogP contribution in [-0.4, -0.2) is 56.7 Å². The summed E-state index contributed by atoms with van der Waals surface area (Å²) < 4.78 is 54.2. The van der Waals surface area contributed by atoms with Gasteiger partial charge >= 0.3 is 6.18 Å². The molecule has 1 saturated heterocycles. The molecule has 0 bridgehead atoms. The van der Waals surface area contributed by atoms with Gasteiger partial charge in [-0.15, -0.1) is 0 Å². The predicted molar refractivity (Wildman–Crippen MR) is 144 cm³/mol. The number of carbonyl (C=O) groups is 1. The van der Waals surface area contributed by atoms with Gasteiger partial charge in [0.25, 0.3) is 5.91 Å². The number of carbonyl (C=O) groups excluding carboxylic acids is 1. The van der Waals surface area contributed by atoms with Crippen molar-refractivity contribution in [1.82, 2.24) is 24.6 Å². The third kappa shape index (κ3) is 5.64. The number of fused-ring (bicyclic) bond motifs is 1. The van der Waals surface area contributed by atoms with Gasteiger partial charge in [-0.25, -0.2) is 19.0 Å². The number of rotatable bonds is 6. The first-order valence-electron chi connectivity index (χ1n) is 13.4. The van der Waals surface area contributed by atoms with Crippen LogP contribution < -0.4 is 4.90 Å². The molecular formula is C29H30F4N6O. The molecule has 11 heteroatoms. The Morgan fingerprint density at radius 1 is 0.950 bits per heavy atom. The van der Waals surface area contributed by atoms with Crippen molar-refractivity contribution in [3.05, 3.63) is 77.0 Å². The Kier molecular flexibility index (Phi) is 7.73. The number of aromatic nitrogens is 4. The van der Waals surface area contributed by atoms with Crippen LogP contribution >= 0.6 is 0 Å². The molecule has 4 aromatic rings. The van der Waals surface area contributed by atoms with Crippen molar-refractivity contribution < 1.29 is 22.4 Å². The number of hydrogen-bond donors (Lipinski definition) is 0. The molecule has 40 heavy (non-hydrogen) atoms. The van der Waals surface area contributed by atoms with Crippen LogP contribution in [0.1, 0.15) is 53.6 Å². The molecule has 0 saturated carbocycles. The average molecular weight is 555 g/mol. The number of nitrogens with zero attached hydrogens (tertiary/aromatic N) is 6. The number of benzene rings is 2. The van der Waals surface area contributed by atoms with Gasteiger partial charge in [-0.3, -0.25) is 4.79 Å². The quantitative estimate of drug-likeness (QED) is 0.275. The fraction of sp³-hybridized carbons (Fsp3) is 0.379. The second-order valence-corrected chi connectivity index (χ2v) is 9.95.